The maximum Gasteiger partial charge on any atom is 0.184 e. The summed E-state index contributed by atoms with van der Waals surface area (Å²) in [6, 6.07) is 11.9. The molecule has 3 atom stereocenters. The summed E-state index contributed by atoms with van der Waals surface area (Å²) in [7, 11) is 0. The van der Waals surface area contributed by atoms with Crippen molar-refractivity contribution in [2.75, 3.05) is 6.61 Å². The third-order valence-electron chi connectivity index (χ3n) is 4.71. The molecule has 1 aliphatic rings. The van der Waals surface area contributed by atoms with E-state index in [1.165, 1.54) is 6.42 Å². The van der Waals surface area contributed by atoms with Crippen LogP contribution in [0.4, 0.5) is 0 Å². The third kappa shape index (κ3) is 7.26. The number of nitrogens with zero attached hydrogens (tertiary/aromatic N) is 2. The molecule has 168 valence electrons. The molecule has 3 rings (SSSR count). The van der Waals surface area contributed by atoms with E-state index in [2.05, 4.69) is 34.0 Å². The van der Waals surface area contributed by atoms with Crippen LogP contribution in [0.1, 0.15) is 67.0 Å². The Labute approximate surface area is 198 Å². The molecule has 1 aromatic heterocycles. The minimum absolute atomic E-state index is 0.00918. The summed E-state index contributed by atoms with van der Waals surface area (Å²) >= 11 is 1.83. The van der Waals surface area contributed by atoms with E-state index in [0.717, 1.165) is 30.3 Å². The molecule has 2 aromatic rings. The van der Waals surface area contributed by atoms with Crippen LogP contribution in [0.5, 0.6) is 0 Å². The molecule has 0 saturated carbocycles. The Kier molecular flexibility index (Phi) is 10.9. The number of aromatic amines is 1. The molecule has 3 N–H and O–H groups in total. The van der Waals surface area contributed by atoms with Crippen LogP contribution in [0.15, 0.2) is 44.6 Å². The van der Waals surface area contributed by atoms with Gasteiger partial charge >= 0.3 is 0 Å². The van der Waals surface area contributed by atoms with Crippen LogP contribution in [0, 0.1) is 5.92 Å². The lowest BCUT2D eigenvalue weighted by Crippen LogP contribution is -2.15. The Morgan fingerprint density at radius 2 is 2.06 bits per heavy atom. The van der Waals surface area contributed by atoms with Gasteiger partial charge in [0.1, 0.15) is 6.10 Å². The van der Waals surface area contributed by atoms with E-state index in [-0.39, 0.29) is 18.1 Å². The van der Waals surface area contributed by atoms with Crippen molar-refractivity contribution in [2.45, 2.75) is 52.4 Å². The molecule has 1 aromatic carbocycles. The fourth-order valence-electron chi connectivity index (χ4n) is 3.43. The summed E-state index contributed by atoms with van der Waals surface area (Å²) < 4.78 is 16.1. The van der Waals surface area contributed by atoms with Crippen LogP contribution in [-0.4, -0.2) is 36.2 Å². The second-order valence-electron chi connectivity index (χ2n) is 7.46. The van der Waals surface area contributed by atoms with Gasteiger partial charge in [-0.2, -0.15) is 3.21 Å². The number of rotatable bonds is 7. The highest BCUT2D eigenvalue weighted by atomic mass is 127. The van der Waals surface area contributed by atoms with E-state index in [0.29, 0.717) is 30.3 Å². The number of carbonyl (C=O) groups excluding carboxylic acids is 1. The van der Waals surface area contributed by atoms with E-state index >= 15 is 0 Å². The first kappa shape index (κ1) is 25.2. The zero-order chi connectivity index (χ0) is 22.6. The molecule has 3 unspecified atom stereocenters. The Morgan fingerprint density at radius 3 is 2.68 bits per heavy atom. The largest absolute Gasteiger partial charge is 0.390 e. The standard InChI is InChI=1S/C20H23IN4O3.C3H8/c1-13-7-16(11-27-10-14-5-3-2-4-6-14)28-19(13)17-8-15(9-26)18(24-17)20(25-21)23-12-22;1-3-2/h2-6,8-9,12-13,16,19,24H,7,10-11H2,1H3,(H2,22,23,25);3H2,1-2H3. The van der Waals surface area contributed by atoms with Gasteiger partial charge in [0.15, 0.2) is 12.1 Å². The first-order valence-electron chi connectivity index (χ1n) is 10.5. The number of carbonyl (C=O) groups is 1. The summed E-state index contributed by atoms with van der Waals surface area (Å²) in [5.74, 6) is 0.652. The molecule has 0 amide bonds. The van der Waals surface area contributed by atoms with Gasteiger partial charge in [-0.05, 0) is 24.0 Å². The number of aldehydes is 1. The molecular formula is C23H31IN4O3. The predicted octanol–water partition coefficient (Wildman–Crippen LogP) is 5.01. The fraction of sp³-hybridized carbons (Fsp3) is 0.435. The van der Waals surface area contributed by atoms with Gasteiger partial charge in [-0.15, -0.1) is 0 Å². The van der Waals surface area contributed by atoms with Crippen molar-refractivity contribution in [3.8, 4) is 0 Å². The van der Waals surface area contributed by atoms with E-state index in [1.54, 1.807) is 6.07 Å². The minimum Gasteiger partial charge on any atom is -0.390 e. The first-order chi connectivity index (χ1) is 15.1. The molecule has 0 bridgehead atoms. The maximum absolute atomic E-state index is 11.5. The number of hydrogen-bond acceptors (Lipinski definition) is 4. The minimum atomic E-state index is -0.143. The SMILES string of the molecule is CC1CC(COCc2ccccc2)OC1c1cc(C=O)c(/C(N=CN)=N/I)[nH]1.CCC. The second-order valence-corrected chi connectivity index (χ2v) is 7.94. The summed E-state index contributed by atoms with van der Waals surface area (Å²) in [5.41, 5.74) is 8.37. The quantitative estimate of drug-likeness (QED) is 0.224. The monoisotopic (exact) mass is 538 g/mol. The maximum atomic E-state index is 11.5. The van der Waals surface area contributed by atoms with E-state index in [4.69, 9.17) is 15.2 Å². The number of aliphatic imine (C=N–C) groups is 1. The normalized spacial score (nSPS) is 21.2. The van der Waals surface area contributed by atoms with Gasteiger partial charge in [0, 0.05) is 11.3 Å². The van der Waals surface area contributed by atoms with Crippen LogP contribution >= 0.6 is 22.9 Å². The molecule has 7 nitrogen and oxygen atoms in total. The number of halogens is 1. The number of aromatic nitrogens is 1. The molecule has 0 radical (unpaired) electrons. The number of amidine groups is 1. The van der Waals surface area contributed by atoms with Crippen molar-refractivity contribution in [2.24, 2.45) is 19.8 Å². The predicted molar refractivity (Wildman–Crippen MR) is 133 cm³/mol. The Hall–Kier alpha value is -2.04. The first-order valence-corrected chi connectivity index (χ1v) is 11.4. The lowest BCUT2D eigenvalue weighted by molar-refractivity contribution is -0.0249. The average Bonchev–Trinajstić information content (AvgIpc) is 3.36. The van der Waals surface area contributed by atoms with Gasteiger partial charge in [0.05, 0.1) is 54.2 Å². The molecule has 31 heavy (non-hydrogen) atoms. The van der Waals surface area contributed by atoms with Gasteiger partial charge < -0.3 is 20.2 Å². The number of ether oxygens (including phenoxy) is 2. The van der Waals surface area contributed by atoms with E-state index in [1.807, 2.05) is 53.2 Å². The van der Waals surface area contributed by atoms with E-state index < -0.39 is 0 Å². The van der Waals surface area contributed by atoms with Gasteiger partial charge in [-0.1, -0.05) is 57.5 Å². The third-order valence-corrected chi connectivity index (χ3v) is 5.17. The molecule has 8 heteroatoms. The van der Waals surface area contributed by atoms with Crippen LogP contribution in [-0.2, 0) is 16.1 Å². The average molecular weight is 538 g/mol. The highest BCUT2D eigenvalue weighted by molar-refractivity contribution is 14.1. The van der Waals surface area contributed by atoms with Gasteiger partial charge in [0.25, 0.3) is 0 Å². The van der Waals surface area contributed by atoms with Crippen LogP contribution in [0.3, 0.4) is 0 Å². The number of hydrogen-bond donors (Lipinski definition) is 2. The molecule has 1 aliphatic heterocycles. The second kappa shape index (κ2) is 13.4. The Morgan fingerprint density at radius 1 is 1.35 bits per heavy atom. The summed E-state index contributed by atoms with van der Waals surface area (Å²) in [5, 5.41) is 0. The summed E-state index contributed by atoms with van der Waals surface area (Å²) in [6.07, 6.45) is 3.94. The molecule has 2 heterocycles. The number of benzene rings is 1. The number of nitrogens with one attached hydrogen (secondary N) is 1. The Balaban J connectivity index is 0.00000107. The summed E-state index contributed by atoms with van der Waals surface area (Å²) in [6.45, 7) is 7.48. The summed E-state index contributed by atoms with van der Waals surface area (Å²) in [4.78, 5) is 18.7. The van der Waals surface area contributed by atoms with Crippen molar-refractivity contribution in [1.29, 1.82) is 0 Å². The number of H-pyrrole nitrogens is 1. The van der Waals surface area contributed by atoms with Crippen LogP contribution < -0.4 is 5.73 Å². The van der Waals surface area contributed by atoms with Gasteiger partial charge in [-0.25, -0.2) is 4.99 Å². The molecule has 1 saturated heterocycles. The topological polar surface area (TPSA) is 102 Å². The van der Waals surface area contributed by atoms with Gasteiger partial charge in [-0.3, -0.25) is 4.79 Å². The van der Waals surface area contributed by atoms with E-state index in [9.17, 15) is 4.79 Å². The van der Waals surface area contributed by atoms with Crippen molar-refractivity contribution >= 4 is 41.3 Å². The van der Waals surface area contributed by atoms with Crippen molar-refractivity contribution in [1.82, 2.24) is 4.98 Å². The number of nitrogens with two attached hydrogens (primary N) is 1. The lowest BCUT2D eigenvalue weighted by atomic mass is 9.99. The zero-order valence-corrected chi connectivity index (χ0v) is 20.4. The lowest BCUT2D eigenvalue weighted by Gasteiger charge is -2.14. The van der Waals surface area contributed by atoms with Crippen LogP contribution in [0.25, 0.3) is 0 Å². The molecule has 1 fully saturated rings. The van der Waals surface area contributed by atoms with Crippen molar-refractivity contribution < 1.29 is 14.3 Å². The zero-order valence-electron chi connectivity index (χ0n) is 18.3. The van der Waals surface area contributed by atoms with Crippen molar-refractivity contribution in [3.05, 3.63) is 58.9 Å². The van der Waals surface area contributed by atoms with Crippen LogP contribution in [0.2, 0.25) is 0 Å². The fourth-order valence-corrected chi connectivity index (χ4v) is 3.79. The smallest absolute Gasteiger partial charge is 0.184 e. The molecule has 0 aliphatic carbocycles. The highest BCUT2D eigenvalue weighted by Crippen LogP contribution is 2.38. The van der Waals surface area contributed by atoms with Crippen molar-refractivity contribution in [3.63, 3.8) is 0 Å². The molecular weight excluding hydrogens is 507 g/mol. The van der Waals surface area contributed by atoms with Gasteiger partial charge in [0.2, 0.25) is 0 Å². The Bertz CT molecular complexity index is 867. The highest BCUT2D eigenvalue weighted by Gasteiger charge is 2.35. The molecule has 0 spiro atoms.